The number of pyridine rings is 1. The Labute approximate surface area is 122 Å². The van der Waals surface area contributed by atoms with E-state index in [-0.39, 0.29) is 11.1 Å². The van der Waals surface area contributed by atoms with Gasteiger partial charge in [-0.1, -0.05) is 23.7 Å². The maximum atomic E-state index is 12.0. The Hall–Kier alpha value is -2.07. The number of carbonyl (C=O) groups excluding carboxylic acids is 1. The number of nitrogens with zero attached hydrogens (tertiary/aromatic N) is 1. The fourth-order valence-electron chi connectivity index (χ4n) is 1.66. The predicted molar refractivity (Wildman–Crippen MR) is 79.1 cm³/mol. The number of aromatic nitrogens is 1. The SMILES string of the molecule is Cc1cccc(OC(C)C(=O)Nc2cccnc2Cl)c1. The molecule has 0 saturated carbocycles. The van der Waals surface area contributed by atoms with Crippen LogP contribution in [0.5, 0.6) is 5.75 Å². The molecule has 0 spiro atoms. The van der Waals surface area contributed by atoms with Gasteiger partial charge in [-0.2, -0.15) is 0 Å². The highest BCUT2D eigenvalue weighted by Gasteiger charge is 2.16. The molecule has 0 bridgehead atoms. The highest BCUT2D eigenvalue weighted by Crippen LogP contribution is 2.19. The normalized spacial score (nSPS) is 11.8. The Morgan fingerprint density at radius 3 is 2.85 bits per heavy atom. The van der Waals surface area contributed by atoms with Gasteiger partial charge < -0.3 is 10.1 Å². The maximum absolute atomic E-state index is 12.0. The minimum Gasteiger partial charge on any atom is -0.481 e. The van der Waals surface area contributed by atoms with E-state index in [0.717, 1.165) is 5.56 Å². The number of anilines is 1. The molecule has 1 aromatic heterocycles. The van der Waals surface area contributed by atoms with Crippen LogP contribution in [0.1, 0.15) is 12.5 Å². The Kier molecular flexibility index (Phi) is 4.58. The Morgan fingerprint density at radius 2 is 2.15 bits per heavy atom. The molecule has 0 fully saturated rings. The van der Waals surface area contributed by atoms with Crippen LogP contribution in [0, 0.1) is 6.92 Å². The van der Waals surface area contributed by atoms with Crippen molar-refractivity contribution in [3.63, 3.8) is 0 Å². The van der Waals surface area contributed by atoms with Crippen LogP contribution < -0.4 is 10.1 Å². The second kappa shape index (κ2) is 6.39. The summed E-state index contributed by atoms with van der Waals surface area (Å²) in [7, 11) is 0. The number of hydrogen-bond acceptors (Lipinski definition) is 3. The molecule has 5 heteroatoms. The predicted octanol–water partition coefficient (Wildman–Crippen LogP) is 3.45. The zero-order valence-corrected chi connectivity index (χ0v) is 12.0. The van der Waals surface area contributed by atoms with E-state index in [2.05, 4.69) is 10.3 Å². The molecule has 1 unspecified atom stereocenters. The summed E-state index contributed by atoms with van der Waals surface area (Å²) in [6, 6.07) is 10.9. The van der Waals surface area contributed by atoms with Crippen molar-refractivity contribution >= 4 is 23.2 Å². The standard InChI is InChI=1S/C15H15ClN2O2/c1-10-5-3-6-12(9-10)20-11(2)15(19)18-13-7-4-8-17-14(13)16/h3-9,11H,1-2H3,(H,18,19). The lowest BCUT2D eigenvalue weighted by Gasteiger charge is -2.15. The van der Waals surface area contributed by atoms with Gasteiger partial charge in [0.2, 0.25) is 0 Å². The van der Waals surface area contributed by atoms with Gasteiger partial charge in [-0.15, -0.1) is 0 Å². The van der Waals surface area contributed by atoms with Gasteiger partial charge in [0.05, 0.1) is 5.69 Å². The number of rotatable bonds is 4. The van der Waals surface area contributed by atoms with Crippen molar-refractivity contribution in [3.8, 4) is 5.75 Å². The summed E-state index contributed by atoms with van der Waals surface area (Å²) >= 11 is 5.89. The molecular weight excluding hydrogens is 276 g/mol. The van der Waals surface area contributed by atoms with E-state index < -0.39 is 6.10 Å². The van der Waals surface area contributed by atoms with Crippen molar-refractivity contribution in [2.75, 3.05) is 5.32 Å². The maximum Gasteiger partial charge on any atom is 0.265 e. The van der Waals surface area contributed by atoms with E-state index in [0.29, 0.717) is 11.4 Å². The lowest BCUT2D eigenvalue weighted by Crippen LogP contribution is -2.30. The summed E-state index contributed by atoms with van der Waals surface area (Å²) in [5.74, 6) is 0.381. The van der Waals surface area contributed by atoms with Crippen molar-refractivity contribution in [1.82, 2.24) is 4.98 Å². The quantitative estimate of drug-likeness (QED) is 0.878. The molecule has 0 aliphatic rings. The first-order valence-corrected chi connectivity index (χ1v) is 6.59. The third kappa shape index (κ3) is 3.71. The summed E-state index contributed by atoms with van der Waals surface area (Å²) in [5.41, 5.74) is 1.55. The van der Waals surface area contributed by atoms with Crippen LogP contribution in [-0.4, -0.2) is 17.0 Å². The van der Waals surface area contributed by atoms with E-state index >= 15 is 0 Å². The fourth-order valence-corrected chi connectivity index (χ4v) is 1.83. The van der Waals surface area contributed by atoms with Gasteiger partial charge in [-0.25, -0.2) is 4.98 Å². The first kappa shape index (κ1) is 14.3. The number of ether oxygens (including phenoxy) is 1. The molecule has 1 N–H and O–H groups in total. The van der Waals surface area contributed by atoms with Gasteiger partial charge in [-0.3, -0.25) is 4.79 Å². The first-order chi connectivity index (χ1) is 9.56. The van der Waals surface area contributed by atoms with Gasteiger partial charge in [-0.05, 0) is 43.7 Å². The van der Waals surface area contributed by atoms with Gasteiger partial charge >= 0.3 is 0 Å². The van der Waals surface area contributed by atoms with Crippen LogP contribution in [0.2, 0.25) is 5.15 Å². The summed E-state index contributed by atoms with van der Waals surface area (Å²) in [4.78, 5) is 15.9. The number of halogens is 1. The Morgan fingerprint density at radius 1 is 1.35 bits per heavy atom. The van der Waals surface area contributed by atoms with Crippen molar-refractivity contribution in [2.24, 2.45) is 0 Å². The molecule has 0 radical (unpaired) electrons. The average molecular weight is 291 g/mol. The number of carbonyl (C=O) groups is 1. The molecule has 1 atom stereocenters. The van der Waals surface area contributed by atoms with Crippen LogP contribution in [0.25, 0.3) is 0 Å². The summed E-state index contributed by atoms with van der Waals surface area (Å²) in [6.45, 7) is 3.65. The number of amides is 1. The number of nitrogens with one attached hydrogen (secondary N) is 1. The van der Waals surface area contributed by atoms with E-state index in [4.69, 9.17) is 16.3 Å². The number of hydrogen-bond donors (Lipinski definition) is 1. The van der Waals surface area contributed by atoms with Crippen molar-refractivity contribution in [2.45, 2.75) is 20.0 Å². The molecule has 1 heterocycles. The third-order valence-corrected chi connectivity index (χ3v) is 2.99. The lowest BCUT2D eigenvalue weighted by atomic mass is 10.2. The molecule has 2 aromatic rings. The van der Waals surface area contributed by atoms with Gasteiger partial charge in [0, 0.05) is 6.20 Å². The summed E-state index contributed by atoms with van der Waals surface area (Å²) in [6.07, 6.45) is 0.929. The van der Waals surface area contributed by atoms with Crippen LogP contribution in [0.4, 0.5) is 5.69 Å². The molecular formula is C15H15ClN2O2. The molecule has 2 rings (SSSR count). The van der Waals surface area contributed by atoms with Crippen molar-refractivity contribution in [1.29, 1.82) is 0 Å². The van der Waals surface area contributed by atoms with Crippen LogP contribution >= 0.6 is 11.6 Å². The highest BCUT2D eigenvalue weighted by atomic mass is 35.5. The van der Waals surface area contributed by atoms with Gasteiger partial charge in [0.25, 0.3) is 5.91 Å². The van der Waals surface area contributed by atoms with Crippen LogP contribution in [0.15, 0.2) is 42.6 Å². The fraction of sp³-hybridized carbons (Fsp3) is 0.200. The second-order valence-corrected chi connectivity index (χ2v) is 4.77. The van der Waals surface area contributed by atoms with Gasteiger partial charge in [0.15, 0.2) is 11.3 Å². The molecule has 0 aliphatic carbocycles. The van der Waals surface area contributed by atoms with Gasteiger partial charge in [0.1, 0.15) is 5.75 Å². The summed E-state index contributed by atoms with van der Waals surface area (Å²) < 4.78 is 5.59. The van der Waals surface area contributed by atoms with Crippen molar-refractivity contribution in [3.05, 3.63) is 53.3 Å². The molecule has 1 aromatic carbocycles. The second-order valence-electron chi connectivity index (χ2n) is 4.41. The molecule has 0 aliphatic heterocycles. The van der Waals surface area contributed by atoms with Crippen LogP contribution in [0.3, 0.4) is 0 Å². The first-order valence-electron chi connectivity index (χ1n) is 6.21. The Bertz CT molecular complexity index is 616. The van der Waals surface area contributed by atoms with E-state index in [1.165, 1.54) is 0 Å². The minimum absolute atomic E-state index is 0.253. The number of benzene rings is 1. The average Bonchev–Trinajstić information content (AvgIpc) is 2.41. The Balaban J connectivity index is 2.01. The molecule has 1 amide bonds. The topological polar surface area (TPSA) is 51.2 Å². The largest absolute Gasteiger partial charge is 0.481 e. The van der Waals surface area contributed by atoms with E-state index in [9.17, 15) is 4.79 Å². The molecule has 4 nitrogen and oxygen atoms in total. The third-order valence-electron chi connectivity index (χ3n) is 2.69. The van der Waals surface area contributed by atoms with Crippen LogP contribution in [-0.2, 0) is 4.79 Å². The lowest BCUT2D eigenvalue weighted by molar-refractivity contribution is -0.122. The molecule has 20 heavy (non-hydrogen) atoms. The smallest absolute Gasteiger partial charge is 0.265 e. The summed E-state index contributed by atoms with van der Waals surface area (Å²) in [5, 5.41) is 2.94. The zero-order valence-electron chi connectivity index (χ0n) is 11.3. The monoisotopic (exact) mass is 290 g/mol. The van der Waals surface area contributed by atoms with E-state index in [1.54, 1.807) is 25.3 Å². The molecule has 0 saturated heterocycles. The van der Waals surface area contributed by atoms with E-state index in [1.807, 2.05) is 31.2 Å². The van der Waals surface area contributed by atoms with Crippen molar-refractivity contribution < 1.29 is 9.53 Å². The molecule has 104 valence electrons. The zero-order chi connectivity index (χ0) is 14.5. The number of aryl methyl sites for hydroxylation is 1. The minimum atomic E-state index is -0.631. The highest BCUT2D eigenvalue weighted by molar-refractivity contribution is 6.32.